The van der Waals surface area contributed by atoms with Crippen LogP contribution in [-0.4, -0.2) is 38.2 Å². The standard InChI is InChI=1S/C21H19ClN2O6/c1-3-29-18-11-13(4-9-17(18)30-12-19(25)28-2)10-16-20(26)24(21(27)23-16)15-7-5-14(22)6-8-15/h4-11H,3,12H2,1-2H3,(H,23,27)/b16-10+. The van der Waals surface area contributed by atoms with E-state index in [2.05, 4.69) is 10.1 Å². The molecule has 8 nitrogen and oxygen atoms in total. The minimum atomic E-state index is -0.559. The van der Waals surface area contributed by atoms with E-state index in [1.54, 1.807) is 49.4 Å². The van der Waals surface area contributed by atoms with Crippen molar-refractivity contribution >= 4 is 41.3 Å². The minimum Gasteiger partial charge on any atom is -0.490 e. The molecule has 0 bridgehead atoms. The molecule has 2 aromatic rings. The van der Waals surface area contributed by atoms with E-state index in [0.717, 1.165) is 4.90 Å². The van der Waals surface area contributed by atoms with Crippen LogP contribution in [0.3, 0.4) is 0 Å². The topological polar surface area (TPSA) is 94.2 Å². The Morgan fingerprint density at radius 1 is 1.10 bits per heavy atom. The maximum Gasteiger partial charge on any atom is 0.343 e. The smallest absolute Gasteiger partial charge is 0.343 e. The fraction of sp³-hybridized carbons (Fsp3) is 0.190. The second-order valence-electron chi connectivity index (χ2n) is 6.11. The zero-order chi connectivity index (χ0) is 21.7. The first-order valence-electron chi connectivity index (χ1n) is 9.02. The summed E-state index contributed by atoms with van der Waals surface area (Å²) in [7, 11) is 1.27. The molecule has 30 heavy (non-hydrogen) atoms. The summed E-state index contributed by atoms with van der Waals surface area (Å²) in [6.45, 7) is 1.91. The summed E-state index contributed by atoms with van der Waals surface area (Å²) in [4.78, 5) is 37.4. The number of carbonyl (C=O) groups is 3. The van der Waals surface area contributed by atoms with Gasteiger partial charge in [0, 0.05) is 5.02 Å². The number of ether oxygens (including phenoxy) is 3. The number of methoxy groups -OCH3 is 1. The largest absolute Gasteiger partial charge is 0.490 e. The van der Waals surface area contributed by atoms with Crippen LogP contribution >= 0.6 is 11.6 Å². The minimum absolute atomic E-state index is 0.112. The quantitative estimate of drug-likeness (QED) is 0.411. The van der Waals surface area contributed by atoms with Crippen LogP contribution in [0.15, 0.2) is 48.2 Å². The van der Waals surface area contributed by atoms with E-state index < -0.39 is 17.9 Å². The van der Waals surface area contributed by atoms with Crippen molar-refractivity contribution in [3.63, 3.8) is 0 Å². The number of carbonyl (C=O) groups excluding carboxylic acids is 3. The summed E-state index contributed by atoms with van der Waals surface area (Å²) in [5.41, 5.74) is 1.12. The lowest BCUT2D eigenvalue weighted by Crippen LogP contribution is -2.30. The van der Waals surface area contributed by atoms with Crippen LogP contribution in [0.1, 0.15) is 12.5 Å². The van der Waals surface area contributed by atoms with Crippen molar-refractivity contribution in [2.45, 2.75) is 6.92 Å². The Bertz CT molecular complexity index is 1000. The van der Waals surface area contributed by atoms with Crippen LogP contribution in [0.25, 0.3) is 6.08 Å². The molecule has 2 aromatic carbocycles. The van der Waals surface area contributed by atoms with Gasteiger partial charge < -0.3 is 19.5 Å². The van der Waals surface area contributed by atoms with Crippen molar-refractivity contribution < 1.29 is 28.6 Å². The molecule has 0 spiro atoms. The van der Waals surface area contributed by atoms with Crippen LogP contribution in [0.2, 0.25) is 5.02 Å². The predicted molar refractivity (Wildman–Crippen MR) is 111 cm³/mol. The maximum absolute atomic E-state index is 12.7. The Kier molecular flexibility index (Phi) is 6.58. The number of amides is 3. The normalized spacial score (nSPS) is 14.6. The molecule has 3 rings (SSSR count). The van der Waals surface area contributed by atoms with E-state index in [-0.39, 0.29) is 12.3 Å². The maximum atomic E-state index is 12.7. The molecule has 1 N–H and O–H groups in total. The lowest BCUT2D eigenvalue weighted by atomic mass is 10.1. The Morgan fingerprint density at radius 2 is 1.83 bits per heavy atom. The van der Waals surface area contributed by atoms with Gasteiger partial charge in [-0.2, -0.15) is 0 Å². The van der Waals surface area contributed by atoms with E-state index in [4.69, 9.17) is 21.1 Å². The molecule has 0 unspecified atom stereocenters. The summed E-state index contributed by atoms with van der Waals surface area (Å²) < 4.78 is 15.5. The summed E-state index contributed by atoms with van der Waals surface area (Å²) in [5.74, 6) is -0.271. The van der Waals surface area contributed by atoms with E-state index in [1.165, 1.54) is 13.2 Å². The Labute approximate surface area is 178 Å². The molecule has 0 radical (unpaired) electrons. The monoisotopic (exact) mass is 430 g/mol. The van der Waals surface area contributed by atoms with Gasteiger partial charge in [0.15, 0.2) is 18.1 Å². The first kappa shape index (κ1) is 21.2. The van der Waals surface area contributed by atoms with Gasteiger partial charge >= 0.3 is 12.0 Å². The fourth-order valence-electron chi connectivity index (χ4n) is 2.72. The van der Waals surface area contributed by atoms with Crippen molar-refractivity contribution in [1.82, 2.24) is 5.32 Å². The van der Waals surface area contributed by atoms with Gasteiger partial charge in [0.05, 0.1) is 19.4 Å². The van der Waals surface area contributed by atoms with E-state index in [9.17, 15) is 14.4 Å². The molecule has 0 aliphatic carbocycles. The van der Waals surface area contributed by atoms with Gasteiger partial charge in [-0.3, -0.25) is 4.79 Å². The van der Waals surface area contributed by atoms with Gasteiger partial charge in [0.1, 0.15) is 5.70 Å². The molecule has 0 aromatic heterocycles. The van der Waals surface area contributed by atoms with Gasteiger partial charge in [-0.25, -0.2) is 14.5 Å². The molecule has 3 amide bonds. The third-order valence-corrected chi connectivity index (χ3v) is 4.37. The third-order valence-electron chi connectivity index (χ3n) is 4.11. The fourth-order valence-corrected chi connectivity index (χ4v) is 2.85. The number of esters is 1. The molecule has 1 aliphatic rings. The second-order valence-corrected chi connectivity index (χ2v) is 6.55. The van der Waals surface area contributed by atoms with Crippen molar-refractivity contribution in [2.24, 2.45) is 0 Å². The number of hydrogen-bond acceptors (Lipinski definition) is 6. The van der Waals surface area contributed by atoms with E-state index in [1.807, 2.05) is 0 Å². The average molecular weight is 431 g/mol. The third kappa shape index (κ3) is 4.72. The zero-order valence-corrected chi connectivity index (χ0v) is 17.1. The molecule has 9 heteroatoms. The number of nitrogens with one attached hydrogen (secondary N) is 1. The SMILES string of the molecule is CCOc1cc(/C=C2/NC(=O)N(c3ccc(Cl)cc3)C2=O)ccc1OCC(=O)OC. The lowest BCUT2D eigenvalue weighted by molar-refractivity contribution is -0.142. The van der Waals surface area contributed by atoms with Crippen molar-refractivity contribution in [3.8, 4) is 11.5 Å². The number of anilines is 1. The zero-order valence-electron chi connectivity index (χ0n) is 16.3. The number of imide groups is 1. The molecule has 1 heterocycles. The second kappa shape index (κ2) is 9.32. The van der Waals surface area contributed by atoms with Crippen LogP contribution in [0.4, 0.5) is 10.5 Å². The van der Waals surface area contributed by atoms with Crippen LogP contribution in [-0.2, 0) is 14.3 Å². The molecular formula is C21H19ClN2O6. The van der Waals surface area contributed by atoms with Crippen molar-refractivity contribution in [2.75, 3.05) is 25.2 Å². The highest BCUT2D eigenvalue weighted by Gasteiger charge is 2.34. The van der Waals surface area contributed by atoms with Crippen molar-refractivity contribution in [1.29, 1.82) is 0 Å². The van der Waals surface area contributed by atoms with Crippen molar-refractivity contribution in [3.05, 3.63) is 58.7 Å². The van der Waals surface area contributed by atoms with Crippen LogP contribution in [0.5, 0.6) is 11.5 Å². The van der Waals surface area contributed by atoms with Gasteiger partial charge in [-0.05, 0) is 55.0 Å². The van der Waals surface area contributed by atoms with Gasteiger partial charge in [-0.15, -0.1) is 0 Å². The predicted octanol–water partition coefficient (Wildman–Crippen LogP) is 3.39. The van der Waals surface area contributed by atoms with Gasteiger partial charge in [0.2, 0.25) is 0 Å². The number of benzene rings is 2. The first-order chi connectivity index (χ1) is 14.4. The molecule has 156 valence electrons. The first-order valence-corrected chi connectivity index (χ1v) is 9.40. The van der Waals surface area contributed by atoms with E-state index in [0.29, 0.717) is 34.4 Å². The number of hydrogen-bond donors (Lipinski definition) is 1. The Balaban J connectivity index is 1.84. The molecule has 1 fully saturated rings. The Morgan fingerprint density at radius 3 is 2.50 bits per heavy atom. The molecule has 0 saturated carbocycles. The molecule has 0 atom stereocenters. The summed E-state index contributed by atoms with van der Waals surface area (Å²) in [6.07, 6.45) is 1.53. The van der Waals surface area contributed by atoms with Crippen LogP contribution in [0, 0.1) is 0 Å². The number of urea groups is 1. The Hall–Kier alpha value is -3.52. The average Bonchev–Trinajstić information content (AvgIpc) is 3.01. The van der Waals surface area contributed by atoms with Gasteiger partial charge in [-0.1, -0.05) is 17.7 Å². The lowest BCUT2D eigenvalue weighted by Gasteiger charge is -2.12. The van der Waals surface area contributed by atoms with Crippen LogP contribution < -0.4 is 19.7 Å². The highest BCUT2D eigenvalue weighted by atomic mass is 35.5. The molecular weight excluding hydrogens is 412 g/mol. The highest BCUT2D eigenvalue weighted by molar-refractivity contribution is 6.31. The summed E-state index contributed by atoms with van der Waals surface area (Å²) >= 11 is 5.87. The molecule has 1 aliphatic heterocycles. The number of nitrogens with zero attached hydrogens (tertiary/aromatic N) is 1. The van der Waals surface area contributed by atoms with E-state index >= 15 is 0 Å². The molecule has 1 saturated heterocycles. The number of halogens is 1. The summed E-state index contributed by atoms with van der Waals surface area (Å²) in [5, 5.41) is 3.06. The van der Waals surface area contributed by atoms with Gasteiger partial charge in [0.25, 0.3) is 5.91 Å². The number of rotatable bonds is 7. The highest BCUT2D eigenvalue weighted by Crippen LogP contribution is 2.30. The summed E-state index contributed by atoms with van der Waals surface area (Å²) in [6, 6.07) is 10.7.